The van der Waals surface area contributed by atoms with Gasteiger partial charge in [-0.15, -0.1) is 0 Å². The molecule has 0 fully saturated rings. The van der Waals surface area contributed by atoms with Crippen LogP contribution in [0.3, 0.4) is 0 Å². The summed E-state index contributed by atoms with van der Waals surface area (Å²) < 4.78 is 0. The number of non-ortho nitro benzene ring substituents is 1. The molecule has 3 unspecified atom stereocenters. The molecule has 2 aromatic rings. The number of nitro benzene ring substituents is 1. The molecule has 0 saturated heterocycles. The fourth-order valence-electron chi connectivity index (χ4n) is 3.73. The molecule has 1 aliphatic carbocycles. The lowest BCUT2D eigenvalue weighted by Crippen LogP contribution is -2.29. The molecule has 23 heavy (non-hydrogen) atoms. The number of halogens is 1. The predicted molar refractivity (Wildman–Crippen MR) is 90.9 cm³/mol. The summed E-state index contributed by atoms with van der Waals surface area (Å²) in [5.74, 6) is 0.554. The van der Waals surface area contributed by atoms with Crippen LogP contribution in [0.2, 0.25) is 5.02 Å². The zero-order chi connectivity index (χ0) is 16.0. The summed E-state index contributed by atoms with van der Waals surface area (Å²) in [5.41, 5.74) is 3.27. The normalized spacial score (nSPS) is 24.7. The largest absolute Gasteiger partial charge is 0.378 e. The molecule has 0 saturated carbocycles. The van der Waals surface area contributed by atoms with E-state index in [4.69, 9.17) is 11.6 Å². The van der Waals surface area contributed by atoms with Gasteiger partial charge in [-0.3, -0.25) is 10.1 Å². The summed E-state index contributed by atoms with van der Waals surface area (Å²) in [6, 6.07) is 13.1. The number of hydrogen-bond acceptors (Lipinski definition) is 3. The highest BCUT2D eigenvalue weighted by molar-refractivity contribution is 6.30. The highest BCUT2D eigenvalue weighted by Crippen LogP contribution is 2.50. The van der Waals surface area contributed by atoms with E-state index in [0.29, 0.717) is 5.92 Å². The van der Waals surface area contributed by atoms with Crippen LogP contribution >= 0.6 is 11.6 Å². The second kappa shape index (κ2) is 5.39. The van der Waals surface area contributed by atoms with Gasteiger partial charge in [0.25, 0.3) is 5.69 Å². The van der Waals surface area contributed by atoms with Crippen LogP contribution in [-0.2, 0) is 0 Å². The van der Waals surface area contributed by atoms with Crippen molar-refractivity contribution < 1.29 is 4.92 Å². The number of nitro groups is 1. The van der Waals surface area contributed by atoms with E-state index in [0.717, 1.165) is 28.3 Å². The minimum Gasteiger partial charge on any atom is -0.378 e. The zero-order valence-corrected chi connectivity index (χ0v) is 13.0. The smallest absolute Gasteiger partial charge is 0.269 e. The van der Waals surface area contributed by atoms with Crippen molar-refractivity contribution in [3.8, 4) is 0 Å². The van der Waals surface area contributed by atoms with Gasteiger partial charge in [-0.05, 0) is 41.7 Å². The van der Waals surface area contributed by atoms with Crippen LogP contribution in [0.25, 0.3) is 0 Å². The van der Waals surface area contributed by atoms with Crippen LogP contribution in [0.15, 0.2) is 54.6 Å². The molecule has 1 aliphatic heterocycles. The minimum atomic E-state index is -0.336. The van der Waals surface area contributed by atoms with E-state index < -0.39 is 0 Å². The maximum atomic E-state index is 11.1. The maximum Gasteiger partial charge on any atom is 0.269 e. The summed E-state index contributed by atoms with van der Waals surface area (Å²) in [6.07, 6.45) is 5.30. The summed E-state index contributed by atoms with van der Waals surface area (Å²) >= 11 is 6.14. The first-order chi connectivity index (χ1) is 11.1. The van der Waals surface area contributed by atoms with Gasteiger partial charge >= 0.3 is 0 Å². The molecule has 0 aromatic heterocycles. The molecule has 0 spiro atoms. The van der Waals surface area contributed by atoms with E-state index in [1.165, 1.54) is 0 Å². The molecule has 4 rings (SSSR count). The number of rotatable bonds is 2. The first kappa shape index (κ1) is 14.3. The Bertz CT molecular complexity index is 818. The Morgan fingerprint density at radius 1 is 1.22 bits per heavy atom. The number of allylic oxidation sites excluding steroid dienone is 2. The topological polar surface area (TPSA) is 55.2 Å². The average molecular weight is 327 g/mol. The van der Waals surface area contributed by atoms with E-state index in [2.05, 4.69) is 23.5 Å². The lowest BCUT2D eigenvalue weighted by Gasteiger charge is -2.37. The first-order valence-corrected chi connectivity index (χ1v) is 7.98. The second-order valence-corrected chi connectivity index (χ2v) is 6.50. The molecular weight excluding hydrogens is 312 g/mol. The molecule has 0 radical (unpaired) electrons. The summed E-state index contributed by atoms with van der Waals surface area (Å²) in [7, 11) is 0. The average Bonchev–Trinajstić information content (AvgIpc) is 3.03. The van der Waals surface area contributed by atoms with Crippen molar-refractivity contribution in [1.82, 2.24) is 0 Å². The predicted octanol–water partition coefficient (Wildman–Crippen LogP) is 5.07. The van der Waals surface area contributed by atoms with Crippen LogP contribution in [0.4, 0.5) is 11.4 Å². The molecule has 2 aromatic carbocycles. The molecule has 0 bridgehead atoms. The standard InChI is InChI=1S/C18H15ClN2O2/c19-12-4-1-3-11(9-12)18-15-6-2-5-14(15)16-10-13(21(22)23)7-8-17(16)20-18/h1-5,7-10,14-15,18,20H,6H2. The lowest BCUT2D eigenvalue weighted by atomic mass is 9.77. The summed E-state index contributed by atoms with van der Waals surface area (Å²) in [6.45, 7) is 0. The molecule has 3 atom stereocenters. The van der Waals surface area contributed by atoms with Gasteiger partial charge in [-0.2, -0.15) is 0 Å². The second-order valence-electron chi connectivity index (χ2n) is 6.06. The first-order valence-electron chi connectivity index (χ1n) is 7.60. The van der Waals surface area contributed by atoms with Crippen LogP contribution in [0, 0.1) is 16.0 Å². The van der Waals surface area contributed by atoms with Gasteiger partial charge < -0.3 is 5.32 Å². The van der Waals surface area contributed by atoms with Crippen LogP contribution in [0.5, 0.6) is 0 Å². The molecule has 4 nitrogen and oxygen atoms in total. The van der Waals surface area contributed by atoms with Crippen LogP contribution in [-0.4, -0.2) is 4.92 Å². The Morgan fingerprint density at radius 2 is 2.09 bits per heavy atom. The van der Waals surface area contributed by atoms with Crippen molar-refractivity contribution in [2.75, 3.05) is 5.32 Å². The third-order valence-electron chi connectivity index (χ3n) is 4.76. The number of fused-ring (bicyclic) bond motifs is 3. The lowest BCUT2D eigenvalue weighted by molar-refractivity contribution is -0.384. The fourth-order valence-corrected chi connectivity index (χ4v) is 3.92. The third-order valence-corrected chi connectivity index (χ3v) is 5.00. The van der Waals surface area contributed by atoms with Crippen molar-refractivity contribution in [3.63, 3.8) is 0 Å². The van der Waals surface area contributed by atoms with E-state index >= 15 is 0 Å². The van der Waals surface area contributed by atoms with Crippen molar-refractivity contribution in [2.45, 2.75) is 18.4 Å². The Labute approximate surface area is 138 Å². The summed E-state index contributed by atoms with van der Waals surface area (Å²) in [5, 5.41) is 15.3. The molecule has 1 heterocycles. The van der Waals surface area contributed by atoms with E-state index in [1.807, 2.05) is 24.3 Å². The maximum absolute atomic E-state index is 11.1. The molecule has 116 valence electrons. The van der Waals surface area contributed by atoms with Gasteiger partial charge in [0.2, 0.25) is 0 Å². The van der Waals surface area contributed by atoms with Crippen molar-refractivity contribution in [2.24, 2.45) is 5.92 Å². The minimum absolute atomic E-state index is 0.144. The van der Waals surface area contributed by atoms with Crippen molar-refractivity contribution >= 4 is 23.0 Å². The third kappa shape index (κ3) is 2.39. The van der Waals surface area contributed by atoms with E-state index in [9.17, 15) is 10.1 Å². The number of benzene rings is 2. The summed E-state index contributed by atoms with van der Waals surface area (Å²) in [4.78, 5) is 10.7. The van der Waals surface area contributed by atoms with Gasteiger partial charge in [0.15, 0.2) is 0 Å². The van der Waals surface area contributed by atoms with Crippen LogP contribution < -0.4 is 5.32 Å². The zero-order valence-electron chi connectivity index (χ0n) is 12.3. The van der Waals surface area contributed by atoms with E-state index in [-0.39, 0.29) is 22.6 Å². The highest BCUT2D eigenvalue weighted by Gasteiger charge is 2.38. The molecule has 0 amide bonds. The molecular formula is C18H15ClN2O2. The Kier molecular flexibility index (Phi) is 3.34. The molecule has 1 N–H and O–H groups in total. The monoisotopic (exact) mass is 326 g/mol. The van der Waals surface area contributed by atoms with E-state index in [1.54, 1.807) is 12.1 Å². The van der Waals surface area contributed by atoms with Gasteiger partial charge in [0, 0.05) is 28.8 Å². The SMILES string of the molecule is O=[N+]([O-])c1ccc2c(c1)C1C=CCC1C(c1cccc(Cl)c1)N2. The van der Waals surface area contributed by atoms with Gasteiger partial charge in [0.1, 0.15) is 0 Å². The number of nitrogens with zero attached hydrogens (tertiary/aromatic N) is 1. The highest BCUT2D eigenvalue weighted by atomic mass is 35.5. The number of anilines is 1. The molecule has 2 aliphatic rings. The van der Waals surface area contributed by atoms with Crippen molar-refractivity contribution in [3.05, 3.63) is 80.9 Å². The van der Waals surface area contributed by atoms with Gasteiger partial charge in [0.05, 0.1) is 11.0 Å². The number of hydrogen-bond donors (Lipinski definition) is 1. The quantitative estimate of drug-likeness (QED) is 0.476. The van der Waals surface area contributed by atoms with Gasteiger partial charge in [-0.25, -0.2) is 0 Å². The Hall–Kier alpha value is -2.33. The van der Waals surface area contributed by atoms with Crippen LogP contribution in [0.1, 0.15) is 29.5 Å². The van der Waals surface area contributed by atoms with Gasteiger partial charge in [-0.1, -0.05) is 35.9 Å². The Morgan fingerprint density at radius 3 is 2.87 bits per heavy atom. The fraction of sp³-hybridized carbons (Fsp3) is 0.222. The van der Waals surface area contributed by atoms with Crippen molar-refractivity contribution in [1.29, 1.82) is 0 Å². The number of nitrogens with one attached hydrogen (secondary N) is 1. The Balaban J connectivity index is 1.79. The molecule has 5 heteroatoms.